The molecule has 1 aromatic carbocycles. The number of fused-ring (bicyclic) bond motifs is 5. The molecule has 0 bridgehead atoms. The lowest BCUT2D eigenvalue weighted by Gasteiger charge is -2.62. The first kappa shape index (κ1) is 21.8. The zero-order chi connectivity index (χ0) is 22.9. The molecule has 0 aromatic heterocycles. The van der Waals surface area contributed by atoms with Crippen molar-refractivity contribution >= 4 is 11.9 Å². The van der Waals surface area contributed by atoms with Crippen LogP contribution >= 0.6 is 0 Å². The van der Waals surface area contributed by atoms with Gasteiger partial charge in [0.2, 0.25) is 5.91 Å². The Bertz CT molecular complexity index is 945. The average Bonchev–Trinajstić information content (AvgIpc) is 3.10. The summed E-state index contributed by atoms with van der Waals surface area (Å²) in [7, 11) is 3.63. The molecule has 1 N–H and O–H groups in total. The maximum Gasteiger partial charge on any atom is 0.314 e. The molecule has 2 unspecified atom stereocenters. The maximum absolute atomic E-state index is 13.1. The minimum atomic E-state index is -0.910. The predicted octanol–water partition coefficient (Wildman–Crippen LogP) is 4.88. The molecule has 32 heavy (non-hydrogen) atoms. The minimum absolute atomic E-state index is 0.145. The van der Waals surface area contributed by atoms with Crippen LogP contribution in [0.25, 0.3) is 0 Å². The highest BCUT2D eigenvalue weighted by molar-refractivity contribution is 5.84. The van der Waals surface area contributed by atoms with Crippen LogP contribution < -0.4 is 4.74 Å². The van der Waals surface area contributed by atoms with Crippen LogP contribution in [0.5, 0.6) is 5.75 Å². The van der Waals surface area contributed by atoms with Crippen LogP contribution in [0.2, 0.25) is 0 Å². The van der Waals surface area contributed by atoms with E-state index in [4.69, 9.17) is 4.74 Å². The second-order valence-corrected chi connectivity index (χ2v) is 11.4. The van der Waals surface area contributed by atoms with Gasteiger partial charge in [-0.05, 0) is 79.6 Å². The van der Waals surface area contributed by atoms with E-state index in [1.54, 1.807) is 7.11 Å². The molecule has 0 radical (unpaired) electrons. The van der Waals surface area contributed by atoms with Crippen LogP contribution in [0.3, 0.4) is 0 Å². The number of carboxylic acid groups (broad SMARTS) is 1. The number of amides is 1. The lowest BCUT2D eigenvalue weighted by atomic mass is 9.44. The molecule has 3 saturated carbocycles. The molecule has 3 aliphatic carbocycles. The molecule has 1 saturated heterocycles. The number of methoxy groups -OCH3 is 1. The largest absolute Gasteiger partial charge is 0.496 e. The van der Waals surface area contributed by atoms with E-state index < -0.39 is 11.4 Å². The second-order valence-electron chi connectivity index (χ2n) is 11.4. The SMILES string of the molecule is COc1ccccc1C1(C(=O)O)CC[C@H]2[C@@H]3CCC4N(C)C(=O)CC[C@]4(C)[C@@H]3CC[C@@]21C. The Morgan fingerprint density at radius 3 is 2.50 bits per heavy atom. The van der Waals surface area contributed by atoms with Crippen molar-refractivity contribution in [1.82, 2.24) is 4.90 Å². The van der Waals surface area contributed by atoms with Gasteiger partial charge in [-0.1, -0.05) is 32.0 Å². The summed E-state index contributed by atoms with van der Waals surface area (Å²) in [4.78, 5) is 27.5. The van der Waals surface area contributed by atoms with E-state index in [-0.39, 0.29) is 16.7 Å². The number of hydrogen-bond acceptors (Lipinski definition) is 3. The van der Waals surface area contributed by atoms with Crippen molar-refractivity contribution in [2.24, 2.45) is 28.6 Å². The van der Waals surface area contributed by atoms with Gasteiger partial charge in [-0.2, -0.15) is 0 Å². The number of para-hydroxylation sites is 1. The molecular weight excluding hydrogens is 402 g/mol. The summed E-state index contributed by atoms with van der Waals surface area (Å²) in [6.07, 6.45) is 7.37. The van der Waals surface area contributed by atoms with Gasteiger partial charge in [0.15, 0.2) is 0 Å². The summed E-state index contributed by atoms with van der Waals surface area (Å²) in [5.74, 6) is 1.77. The van der Waals surface area contributed by atoms with E-state index in [0.29, 0.717) is 42.4 Å². The Balaban J connectivity index is 1.55. The Kier molecular flexibility index (Phi) is 4.92. The highest BCUT2D eigenvalue weighted by Crippen LogP contribution is 2.70. The van der Waals surface area contributed by atoms with Crippen LogP contribution in [0.4, 0.5) is 0 Å². The lowest BCUT2D eigenvalue weighted by Crippen LogP contribution is -2.62. The number of carbonyl (C=O) groups excluding carboxylic acids is 1. The Morgan fingerprint density at radius 1 is 1.06 bits per heavy atom. The second kappa shape index (κ2) is 7.23. The highest BCUT2D eigenvalue weighted by Gasteiger charge is 2.68. The number of piperidine rings is 1. The van der Waals surface area contributed by atoms with Crippen LogP contribution in [0, 0.1) is 28.6 Å². The fraction of sp³-hybridized carbons (Fsp3) is 0.704. The first-order chi connectivity index (χ1) is 15.2. The zero-order valence-electron chi connectivity index (χ0n) is 19.9. The van der Waals surface area contributed by atoms with E-state index >= 15 is 0 Å². The van der Waals surface area contributed by atoms with Crippen molar-refractivity contribution in [3.8, 4) is 5.75 Å². The molecule has 1 heterocycles. The van der Waals surface area contributed by atoms with E-state index in [1.807, 2.05) is 36.2 Å². The van der Waals surface area contributed by atoms with Gasteiger partial charge < -0.3 is 14.7 Å². The summed E-state index contributed by atoms with van der Waals surface area (Å²) in [6, 6.07) is 8.09. The number of ether oxygens (including phenoxy) is 1. The standard InChI is InChI=1S/C27H37NO4/c1-25-14-13-23(29)28(3)22(25)10-9-17-18(25)11-15-26(2)19(17)12-16-27(26,24(30)31)20-7-5-6-8-21(20)32-4/h5-8,17-19,22H,9-16H2,1-4H3,(H,30,31)/t17-,18-,19+,22?,25-,26+,27?/m1/s1. The van der Waals surface area contributed by atoms with Crippen molar-refractivity contribution in [1.29, 1.82) is 0 Å². The van der Waals surface area contributed by atoms with E-state index in [1.165, 1.54) is 0 Å². The normalized spacial score (nSPS) is 43.2. The first-order valence-electron chi connectivity index (χ1n) is 12.3. The van der Waals surface area contributed by atoms with Crippen LogP contribution in [0.1, 0.15) is 70.8 Å². The third-order valence-corrected chi connectivity index (χ3v) is 10.7. The summed E-state index contributed by atoms with van der Waals surface area (Å²) in [5.41, 5.74) is -0.215. The van der Waals surface area contributed by atoms with Gasteiger partial charge in [0, 0.05) is 25.1 Å². The number of benzene rings is 1. The monoisotopic (exact) mass is 439 g/mol. The summed E-state index contributed by atoms with van der Waals surface area (Å²) in [5, 5.41) is 10.7. The third kappa shape index (κ3) is 2.57. The van der Waals surface area contributed by atoms with Gasteiger partial charge in [0.25, 0.3) is 0 Å². The topological polar surface area (TPSA) is 66.8 Å². The Labute approximate surface area is 191 Å². The number of carboxylic acids is 1. The van der Waals surface area contributed by atoms with Gasteiger partial charge in [-0.3, -0.25) is 9.59 Å². The summed E-state index contributed by atoms with van der Waals surface area (Å²) >= 11 is 0. The van der Waals surface area contributed by atoms with Crippen molar-refractivity contribution in [2.45, 2.75) is 76.7 Å². The van der Waals surface area contributed by atoms with Crippen molar-refractivity contribution in [3.05, 3.63) is 29.8 Å². The quantitative estimate of drug-likeness (QED) is 0.729. The molecule has 5 rings (SSSR count). The average molecular weight is 440 g/mol. The number of nitrogens with zero attached hydrogens (tertiary/aromatic N) is 1. The van der Waals surface area contributed by atoms with Crippen LogP contribution in [0.15, 0.2) is 24.3 Å². The fourth-order valence-corrected chi connectivity index (χ4v) is 9.10. The van der Waals surface area contributed by atoms with Crippen LogP contribution in [-0.4, -0.2) is 42.1 Å². The molecular formula is C27H37NO4. The minimum Gasteiger partial charge on any atom is -0.496 e. The maximum atomic E-state index is 13.1. The van der Waals surface area contributed by atoms with Crippen molar-refractivity contribution in [2.75, 3.05) is 14.2 Å². The number of rotatable bonds is 3. The van der Waals surface area contributed by atoms with E-state index in [9.17, 15) is 14.7 Å². The van der Waals surface area contributed by atoms with Gasteiger partial charge in [0.1, 0.15) is 11.2 Å². The van der Waals surface area contributed by atoms with Crippen LogP contribution in [-0.2, 0) is 15.0 Å². The van der Waals surface area contributed by atoms with Gasteiger partial charge in [-0.15, -0.1) is 0 Å². The number of hydrogen-bond donors (Lipinski definition) is 1. The molecule has 174 valence electrons. The molecule has 7 atom stereocenters. The Hall–Kier alpha value is -2.04. The Morgan fingerprint density at radius 2 is 1.78 bits per heavy atom. The molecule has 0 spiro atoms. The lowest BCUT2D eigenvalue weighted by molar-refractivity contribution is -0.165. The third-order valence-electron chi connectivity index (χ3n) is 10.7. The first-order valence-corrected chi connectivity index (χ1v) is 12.3. The molecule has 4 fully saturated rings. The van der Waals surface area contributed by atoms with E-state index in [2.05, 4.69) is 13.8 Å². The van der Waals surface area contributed by atoms with Gasteiger partial charge in [0.05, 0.1) is 7.11 Å². The molecule has 1 aromatic rings. The smallest absolute Gasteiger partial charge is 0.314 e. The van der Waals surface area contributed by atoms with Gasteiger partial charge in [-0.25, -0.2) is 0 Å². The number of carbonyl (C=O) groups is 2. The highest BCUT2D eigenvalue weighted by atomic mass is 16.5. The molecule has 5 heteroatoms. The number of likely N-dealkylation sites (tertiary alicyclic amines) is 1. The molecule has 5 nitrogen and oxygen atoms in total. The molecule has 1 aliphatic heterocycles. The fourth-order valence-electron chi connectivity index (χ4n) is 9.10. The summed E-state index contributed by atoms with van der Waals surface area (Å²) < 4.78 is 5.67. The summed E-state index contributed by atoms with van der Waals surface area (Å²) in [6.45, 7) is 4.67. The molecule has 4 aliphatic rings. The molecule has 1 amide bonds. The van der Waals surface area contributed by atoms with Gasteiger partial charge >= 0.3 is 5.97 Å². The van der Waals surface area contributed by atoms with Crippen molar-refractivity contribution < 1.29 is 19.4 Å². The van der Waals surface area contributed by atoms with Crippen molar-refractivity contribution in [3.63, 3.8) is 0 Å². The number of aliphatic carboxylic acids is 1. The predicted molar refractivity (Wildman–Crippen MR) is 122 cm³/mol. The zero-order valence-corrected chi connectivity index (χ0v) is 19.9. The van der Waals surface area contributed by atoms with E-state index in [0.717, 1.165) is 44.1 Å².